The zero-order chi connectivity index (χ0) is 14.8. The summed E-state index contributed by atoms with van der Waals surface area (Å²) in [6.07, 6.45) is 2.20. The first-order valence-corrected chi connectivity index (χ1v) is 6.87. The number of hydrogen-bond acceptors (Lipinski definition) is 2. The van der Waals surface area contributed by atoms with Crippen LogP contribution in [-0.2, 0) is 0 Å². The van der Waals surface area contributed by atoms with Crippen molar-refractivity contribution in [2.45, 2.75) is 32.7 Å². The van der Waals surface area contributed by atoms with Crippen molar-refractivity contribution in [3.8, 4) is 0 Å². The summed E-state index contributed by atoms with van der Waals surface area (Å²) in [5.74, 6) is -2.03. The van der Waals surface area contributed by atoms with Gasteiger partial charge in [-0.25, -0.2) is 8.78 Å². The van der Waals surface area contributed by atoms with Crippen LogP contribution >= 0.6 is 12.4 Å². The molecular formula is C15H21ClF2N2O. The van der Waals surface area contributed by atoms with Gasteiger partial charge in [-0.2, -0.15) is 0 Å². The molecule has 1 aromatic rings. The molecule has 0 radical (unpaired) electrons. The van der Waals surface area contributed by atoms with Crippen LogP contribution in [0.5, 0.6) is 0 Å². The van der Waals surface area contributed by atoms with E-state index < -0.39 is 17.5 Å². The molecule has 1 unspecified atom stereocenters. The largest absolute Gasteiger partial charge is 0.350 e. The lowest BCUT2D eigenvalue weighted by Crippen LogP contribution is -2.52. The number of hydrogen-bond donors (Lipinski definition) is 2. The van der Waals surface area contributed by atoms with Gasteiger partial charge in [-0.1, -0.05) is 13.8 Å². The second kappa shape index (κ2) is 7.18. The Hall–Kier alpha value is -1.20. The van der Waals surface area contributed by atoms with Crippen molar-refractivity contribution in [2.75, 3.05) is 13.1 Å². The fraction of sp³-hybridized carbons (Fsp3) is 0.533. The Kier molecular flexibility index (Phi) is 6.10. The second-order valence-corrected chi connectivity index (χ2v) is 5.93. The van der Waals surface area contributed by atoms with Crippen LogP contribution in [-0.4, -0.2) is 25.0 Å². The smallest absolute Gasteiger partial charge is 0.254 e. The van der Waals surface area contributed by atoms with Crippen LogP contribution in [0.2, 0.25) is 0 Å². The SMILES string of the molecule is CC1(C)CCCNC1CNC(=O)c1ccc(F)cc1F.Cl. The first kappa shape index (κ1) is 17.9. The van der Waals surface area contributed by atoms with Crippen LogP contribution < -0.4 is 10.6 Å². The molecule has 0 spiro atoms. The Balaban J connectivity index is 0.00000220. The Morgan fingerprint density at radius 1 is 1.43 bits per heavy atom. The van der Waals surface area contributed by atoms with E-state index in [2.05, 4.69) is 24.5 Å². The van der Waals surface area contributed by atoms with Crippen LogP contribution in [0.1, 0.15) is 37.0 Å². The van der Waals surface area contributed by atoms with E-state index >= 15 is 0 Å². The van der Waals surface area contributed by atoms with Gasteiger partial charge in [0.25, 0.3) is 5.91 Å². The second-order valence-electron chi connectivity index (χ2n) is 5.93. The molecule has 0 saturated carbocycles. The van der Waals surface area contributed by atoms with Gasteiger partial charge in [0.1, 0.15) is 11.6 Å². The van der Waals surface area contributed by atoms with Gasteiger partial charge >= 0.3 is 0 Å². The topological polar surface area (TPSA) is 41.1 Å². The summed E-state index contributed by atoms with van der Waals surface area (Å²) in [6, 6.07) is 3.13. The third-order valence-electron chi connectivity index (χ3n) is 3.97. The molecule has 0 aromatic heterocycles. The average Bonchev–Trinajstić information content (AvgIpc) is 2.36. The lowest BCUT2D eigenvalue weighted by molar-refractivity contribution is 0.0925. The Labute approximate surface area is 129 Å². The number of piperidine rings is 1. The minimum absolute atomic E-state index is 0. The first-order valence-electron chi connectivity index (χ1n) is 6.87. The standard InChI is InChI=1S/C15H20F2N2O.ClH/c1-15(2)6-3-7-18-13(15)9-19-14(20)11-5-4-10(16)8-12(11)17;/h4-5,8,13,18H,3,6-7,9H2,1-2H3,(H,19,20);1H. The van der Waals surface area contributed by atoms with Crippen LogP contribution in [0.4, 0.5) is 8.78 Å². The van der Waals surface area contributed by atoms with Crippen LogP contribution in [0.15, 0.2) is 18.2 Å². The minimum atomic E-state index is -0.835. The highest BCUT2D eigenvalue weighted by Crippen LogP contribution is 2.29. The van der Waals surface area contributed by atoms with Crippen molar-refractivity contribution in [3.05, 3.63) is 35.4 Å². The van der Waals surface area contributed by atoms with Gasteiger partial charge in [0, 0.05) is 18.7 Å². The number of carbonyl (C=O) groups is 1. The molecule has 1 aliphatic heterocycles. The van der Waals surface area contributed by atoms with Crippen molar-refractivity contribution >= 4 is 18.3 Å². The molecule has 0 aliphatic carbocycles. The molecular weight excluding hydrogens is 298 g/mol. The maximum atomic E-state index is 13.5. The molecule has 1 atom stereocenters. The summed E-state index contributed by atoms with van der Waals surface area (Å²) >= 11 is 0. The molecule has 1 fully saturated rings. The summed E-state index contributed by atoms with van der Waals surface area (Å²) in [5, 5.41) is 6.09. The van der Waals surface area contributed by atoms with Gasteiger partial charge in [0.15, 0.2) is 0 Å². The fourth-order valence-electron chi connectivity index (χ4n) is 2.58. The van der Waals surface area contributed by atoms with Crippen LogP contribution in [0.3, 0.4) is 0 Å². The van der Waals surface area contributed by atoms with Gasteiger partial charge < -0.3 is 10.6 Å². The number of halogens is 3. The van der Waals surface area contributed by atoms with E-state index in [-0.39, 0.29) is 29.4 Å². The molecule has 1 amide bonds. The molecule has 0 bridgehead atoms. The number of benzene rings is 1. The highest BCUT2D eigenvalue weighted by molar-refractivity contribution is 5.94. The maximum Gasteiger partial charge on any atom is 0.254 e. The van der Waals surface area contributed by atoms with Gasteiger partial charge in [0.05, 0.1) is 5.56 Å². The van der Waals surface area contributed by atoms with E-state index in [0.717, 1.165) is 31.5 Å². The number of amides is 1. The van der Waals surface area contributed by atoms with Crippen LogP contribution in [0, 0.1) is 17.0 Å². The monoisotopic (exact) mass is 318 g/mol. The zero-order valence-corrected chi connectivity index (χ0v) is 13.0. The summed E-state index contributed by atoms with van der Waals surface area (Å²) in [4.78, 5) is 11.9. The van der Waals surface area contributed by atoms with Crippen molar-refractivity contribution in [1.29, 1.82) is 0 Å². The van der Waals surface area contributed by atoms with Gasteiger partial charge in [-0.05, 0) is 36.9 Å². The molecule has 1 aromatic carbocycles. The van der Waals surface area contributed by atoms with Gasteiger partial charge in [-0.3, -0.25) is 4.79 Å². The predicted octanol–water partition coefficient (Wildman–Crippen LogP) is 2.89. The highest BCUT2D eigenvalue weighted by Gasteiger charge is 2.32. The summed E-state index contributed by atoms with van der Waals surface area (Å²) in [7, 11) is 0. The third kappa shape index (κ3) is 4.38. The van der Waals surface area contributed by atoms with E-state index in [1.54, 1.807) is 0 Å². The molecule has 1 aliphatic rings. The van der Waals surface area contributed by atoms with E-state index in [1.165, 1.54) is 6.07 Å². The van der Waals surface area contributed by atoms with Crippen LogP contribution in [0.25, 0.3) is 0 Å². The molecule has 3 nitrogen and oxygen atoms in total. The number of rotatable bonds is 3. The van der Waals surface area contributed by atoms with Crippen molar-refractivity contribution in [1.82, 2.24) is 10.6 Å². The molecule has 21 heavy (non-hydrogen) atoms. The zero-order valence-electron chi connectivity index (χ0n) is 12.2. The predicted molar refractivity (Wildman–Crippen MR) is 80.7 cm³/mol. The summed E-state index contributed by atoms with van der Waals surface area (Å²) in [6.45, 7) is 5.65. The highest BCUT2D eigenvalue weighted by atomic mass is 35.5. The summed E-state index contributed by atoms with van der Waals surface area (Å²) < 4.78 is 26.3. The molecule has 1 saturated heterocycles. The summed E-state index contributed by atoms with van der Waals surface area (Å²) in [5.41, 5.74) is -0.0348. The van der Waals surface area contributed by atoms with E-state index in [0.29, 0.717) is 6.54 Å². The molecule has 6 heteroatoms. The lowest BCUT2D eigenvalue weighted by atomic mass is 9.77. The number of carbonyl (C=O) groups excluding carboxylic acids is 1. The van der Waals surface area contributed by atoms with E-state index in [1.807, 2.05) is 0 Å². The Bertz CT molecular complexity index is 508. The lowest BCUT2D eigenvalue weighted by Gasteiger charge is -2.39. The maximum absolute atomic E-state index is 13.5. The molecule has 2 rings (SSSR count). The first-order chi connectivity index (χ1) is 9.40. The Morgan fingerprint density at radius 3 is 2.76 bits per heavy atom. The average molecular weight is 319 g/mol. The van der Waals surface area contributed by atoms with E-state index in [9.17, 15) is 13.6 Å². The van der Waals surface area contributed by atoms with E-state index in [4.69, 9.17) is 0 Å². The fourth-order valence-corrected chi connectivity index (χ4v) is 2.58. The van der Waals surface area contributed by atoms with Crippen molar-refractivity contribution < 1.29 is 13.6 Å². The molecule has 1 heterocycles. The number of nitrogens with one attached hydrogen (secondary N) is 2. The van der Waals surface area contributed by atoms with Gasteiger partial charge in [-0.15, -0.1) is 12.4 Å². The molecule has 2 N–H and O–H groups in total. The van der Waals surface area contributed by atoms with Crippen molar-refractivity contribution in [3.63, 3.8) is 0 Å². The third-order valence-corrected chi connectivity index (χ3v) is 3.97. The van der Waals surface area contributed by atoms with Crippen molar-refractivity contribution in [2.24, 2.45) is 5.41 Å². The normalized spacial score (nSPS) is 20.5. The molecule has 118 valence electrons. The van der Waals surface area contributed by atoms with Gasteiger partial charge in [0.2, 0.25) is 0 Å². The quantitative estimate of drug-likeness (QED) is 0.899. The Morgan fingerprint density at radius 2 is 2.14 bits per heavy atom. The minimum Gasteiger partial charge on any atom is -0.350 e.